The van der Waals surface area contributed by atoms with E-state index in [0.717, 1.165) is 22.9 Å². The molecular formula is C19H16F2N2O3S. The lowest BCUT2D eigenvalue weighted by atomic mass is 10.0. The molecule has 1 aromatic heterocycles. The molecule has 0 saturated carbocycles. The van der Waals surface area contributed by atoms with Gasteiger partial charge in [0, 0.05) is 11.1 Å². The van der Waals surface area contributed by atoms with E-state index >= 15 is 0 Å². The number of nitrogens with zero attached hydrogens (tertiary/aromatic N) is 2. The maximum absolute atomic E-state index is 12.3. The van der Waals surface area contributed by atoms with Crippen LogP contribution >= 0.6 is 11.8 Å². The van der Waals surface area contributed by atoms with Crippen molar-refractivity contribution in [2.45, 2.75) is 25.7 Å². The molecule has 5 nitrogen and oxygen atoms in total. The Morgan fingerprint density at radius 2 is 1.85 bits per heavy atom. The van der Waals surface area contributed by atoms with Crippen molar-refractivity contribution in [2.75, 3.05) is 5.75 Å². The molecule has 0 amide bonds. The number of hydrogen-bond donors (Lipinski definition) is 0. The molecule has 1 heterocycles. The summed E-state index contributed by atoms with van der Waals surface area (Å²) in [6, 6.07) is 11.4. The van der Waals surface area contributed by atoms with Gasteiger partial charge in [0.1, 0.15) is 5.75 Å². The van der Waals surface area contributed by atoms with Crippen LogP contribution in [0.2, 0.25) is 0 Å². The number of Topliss-reactive ketones (excluding diaryl/α,β-unsaturated/α-hetero) is 1. The third-order valence-electron chi connectivity index (χ3n) is 3.89. The molecule has 2 aromatic carbocycles. The SMILES string of the molecule is Cc1ccc(C(=O)CSc2nnc(-c3ccc(OC(F)F)cc3)o2)cc1C. The zero-order valence-corrected chi connectivity index (χ0v) is 15.4. The highest BCUT2D eigenvalue weighted by Gasteiger charge is 2.13. The molecule has 0 fully saturated rings. The Morgan fingerprint density at radius 3 is 2.52 bits per heavy atom. The van der Waals surface area contributed by atoms with Crippen molar-refractivity contribution in [3.05, 3.63) is 59.2 Å². The Morgan fingerprint density at radius 1 is 1.11 bits per heavy atom. The van der Waals surface area contributed by atoms with Gasteiger partial charge in [0.2, 0.25) is 5.89 Å². The van der Waals surface area contributed by atoms with E-state index in [1.165, 1.54) is 12.1 Å². The molecular weight excluding hydrogens is 374 g/mol. The average Bonchev–Trinajstić information content (AvgIpc) is 3.11. The molecule has 140 valence electrons. The summed E-state index contributed by atoms with van der Waals surface area (Å²) in [5.41, 5.74) is 3.40. The summed E-state index contributed by atoms with van der Waals surface area (Å²) in [7, 11) is 0. The number of aromatic nitrogens is 2. The minimum absolute atomic E-state index is 0.0312. The number of aryl methyl sites for hydroxylation is 2. The van der Waals surface area contributed by atoms with Gasteiger partial charge >= 0.3 is 6.61 Å². The third-order valence-corrected chi connectivity index (χ3v) is 4.71. The number of ketones is 1. The van der Waals surface area contributed by atoms with E-state index in [9.17, 15) is 13.6 Å². The molecule has 0 atom stereocenters. The summed E-state index contributed by atoms with van der Waals surface area (Å²) in [4.78, 5) is 12.3. The molecule has 0 aliphatic heterocycles. The van der Waals surface area contributed by atoms with Crippen molar-refractivity contribution in [3.8, 4) is 17.2 Å². The fourth-order valence-electron chi connectivity index (χ4n) is 2.29. The van der Waals surface area contributed by atoms with Gasteiger partial charge in [0.05, 0.1) is 5.75 Å². The highest BCUT2D eigenvalue weighted by molar-refractivity contribution is 7.99. The van der Waals surface area contributed by atoms with E-state index in [-0.39, 0.29) is 28.4 Å². The second-order valence-corrected chi connectivity index (χ2v) is 6.71. The number of thioether (sulfide) groups is 1. The van der Waals surface area contributed by atoms with Crippen LogP contribution in [0.4, 0.5) is 8.78 Å². The lowest BCUT2D eigenvalue weighted by molar-refractivity contribution is -0.0498. The summed E-state index contributed by atoms with van der Waals surface area (Å²) < 4.78 is 34.1. The quantitative estimate of drug-likeness (QED) is 0.421. The molecule has 3 rings (SSSR count). The number of rotatable bonds is 7. The Balaban J connectivity index is 1.62. The minimum Gasteiger partial charge on any atom is -0.435 e. The summed E-state index contributed by atoms with van der Waals surface area (Å²) in [5.74, 6) is 0.420. The number of benzene rings is 2. The molecule has 0 spiro atoms. The van der Waals surface area contributed by atoms with Gasteiger partial charge in [-0.1, -0.05) is 23.9 Å². The van der Waals surface area contributed by atoms with Crippen LogP contribution in [0.3, 0.4) is 0 Å². The zero-order valence-electron chi connectivity index (χ0n) is 14.6. The largest absolute Gasteiger partial charge is 0.435 e. The highest BCUT2D eigenvalue weighted by Crippen LogP contribution is 2.26. The van der Waals surface area contributed by atoms with E-state index in [2.05, 4.69) is 14.9 Å². The summed E-state index contributed by atoms with van der Waals surface area (Å²) in [5, 5.41) is 8.08. The van der Waals surface area contributed by atoms with Crippen LogP contribution < -0.4 is 4.74 Å². The number of carbonyl (C=O) groups is 1. The third kappa shape index (κ3) is 4.91. The molecule has 0 unspecified atom stereocenters. The molecule has 0 N–H and O–H groups in total. The topological polar surface area (TPSA) is 65.2 Å². The Bertz CT molecular complexity index is 942. The molecule has 0 bridgehead atoms. The predicted octanol–water partition coefficient (Wildman–Crippen LogP) is 4.93. The van der Waals surface area contributed by atoms with Crippen LogP contribution in [-0.2, 0) is 0 Å². The van der Waals surface area contributed by atoms with Gasteiger partial charge in [0.15, 0.2) is 5.78 Å². The standard InChI is InChI=1S/C19H16F2N2O3S/c1-11-3-4-14(9-12(11)2)16(24)10-27-19-23-22-17(26-19)13-5-7-15(8-6-13)25-18(20)21/h3-9,18H,10H2,1-2H3. The first-order chi connectivity index (χ1) is 12.9. The van der Waals surface area contributed by atoms with Crippen molar-refractivity contribution in [3.63, 3.8) is 0 Å². The maximum atomic E-state index is 12.3. The van der Waals surface area contributed by atoms with Crippen molar-refractivity contribution in [1.82, 2.24) is 10.2 Å². The van der Waals surface area contributed by atoms with Gasteiger partial charge in [0.25, 0.3) is 5.22 Å². The van der Waals surface area contributed by atoms with Crippen molar-refractivity contribution >= 4 is 17.5 Å². The first-order valence-electron chi connectivity index (χ1n) is 8.04. The predicted molar refractivity (Wildman–Crippen MR) is 97.3 cm³/mol. The van der Waals surface area contributed by atoms with E-state index in [1.54, 1.807) is 18.2 Å². The van der Waals surface area contributed by atoms with Crippen LogP contribution in [0, 0.1) is 13.8 Å². The van der Waals surface area contributed by atoms with Gasteiger partial charge in [-0.05, 0) is 55.3 Å². The Kier molecular flexibility index (Phi) is 5.85. The minimum atomic E-state index is -2.88. The number of alkyl halides is 2. The fraction of sp³-hybridized carbons (Fsp3) is 0.211. The Hall–Kier alpha value is -2.74. The molecule has 0 aliphatic carbocycles. The number of ether oxygens (including phenoxy) is 1. The summed E-state index contributed by atoms with van der Waals surface area (Å²) >= 11 is 1.15. The van der Waals surface area contributed by atoms with Gasteiger partial charge in [-0.3, -0.25) is 4.79 Å². The fourth-order valence-corrected chi connectivity index (χ4v) is 2.95. The van der Waals surface area contributed by atoms with Crippen molar-refractivity contribution < 1.29 is 22.7 Å². The Labute approximate surface area is 158 Å². The molecule has 3 aromatic rings. The highest BCUT2D eigenvalue weighted by atomic mass is 32.2. The molecule has 0 radical (unpaired) electrons. The lowest BCUT2D eigenvalue weighted by Crippen LogP contribution is -2.03. The second-order valence-electron chi connectivity index (χ2n) is 5.79. The summed E-state index contributed by atoms with van der Waals surface area (Å²) in [6.45, 7) is 1.07. The number of halogens is 2. The van der Waals surface area contributed by atoms with Gasteiger partial charge in [-0.25, -0.2) is 0 Å². The monoisotopic (exact) mass is 390 g/mol. The molecule has 0 saturated heterocycles. The van der Waals surface area contributed by atoms with Gasteiger partial charge in [-0.2, -0.15) is 8.78 Å². The average molecular weight is 390 g/mol. The van der Waals surface area contributed by atoms with Crippen molar-refractivity contribution in [1.29, 1.82) is 0 Å². The van der Waals surface area contributed by atoms with Crippen LogP contribution in [-0.4, -0.2) is 28.3 Å². The zero-order chi connectivity index (χ0) is 19.4. The van der Waals surface area contributed by atoms with E-state index in [4.69, 9.17) is 4.42 Å². The lowest BCUT2D eigenvalue weighted by Gasteiger charge is -2.04. The second kappa shape index (κ2) is 8.30. The van der Waals surface area contributed by atoms with Crippen LogP contribution in [0.5, 0.6) is 5.75 Å². The van der Waals surface area contributed by atoms with Gasteiger partial charge in [-0.15, -0.1) is 10.2 Å². The number of carbonyl (C=O) groups excluding carboxylic acids is 1. The van der Waals surface area contributed by atoms with Crippen LogP contribution in [0.15, 0.2) is 52.1 Å². The van der Waals surface area contributed by atoms with Gasteiger partial charge < -0.3 is 9.15 Å². The first-order valence-corrected chi connectivity index (χ1v) is 9.03. The normalized spacial score (nSPS) is 11.0. The summed E-state index contributed by atoms with van der Waals surface area (Å²) in [6.07, 6.45) is 0. The van der Waals surface area contributed by atoms with E-state index in [0.29, 0.717) is 11.1 Å². The van der Waals surface area contributed by atoms with E-state index < -0.39 is 6.61 Å². The maximum Gasteiger partial charge on any atom is 0.387 e. The molecule has 0 aliphatic rings. The molecule has 27 heavy (non-hydrogen) atoms. The van der Waals surface area contributed by atoms with E-state index in [1.807, 2.05) is 26.0 Å². The molecule has 8 heteroatoms. The van der Waals surface area contributed by atoms with Crippen LogP contribution in [0.1, 0.15) is 21.5 Å². The van der Waals surface area contributed by atoms with Crippen LogP contribution in [0.25, 0.3) is 11.5 Å². The number of hydrogen-bond acceptors (Lipinski definition) is 6. The van der Waals surface area contributed by atoms with Crippen molar-refractivity contribution in [2.24, 2.45) is 0 Å². The first kappa shape index (κ1) is 19.0. The smallest absolute Gasteiger partial charge is 0.387 e.